The summed E-state index contributed by atoms with van der Waals surface area (Å²) in [6.45, 7) is 5.49. The first-order valence-electron chi connectivity index (χ1n) is 11.7. The zero-order chi connectivity index (χ0) is 26.3. The number of morpholine rings is 1. The standard InChI is InChI=1S/C25H23F3N6O3/c1-3-33-22-19(34-8-9-37-13-20(34)24(33)36)12-18(31-32-22)17-11-16(5-4-14(17)2)30-23(35)15-6-7-29-21(10-15)25(26,27)28/h4-7,10-12,20H,3,8-9,13H2,1-2H3,(H,30,35)/t20-/m0/s1. The first kappa shape index (κ1) is 24.6. The highest BCUT2D eigenvalue weighted by Crippen LogP contribution is 2.38. The summed E-state index contributed by atoms with van der Waals surface area (Å²) in [4.78, 5) is 32.5. The molecule has 2 aromatic heterocycles. The molecule has 0 aliphatic carbocycles. The van der Waals surface area contributed by atoms with E-state index in [9.17, 15) is 22.8 Å². The van der Waals surface area contributed by atoms with Crippen LogP contribution < -0.4 is 15.1 Å². The third-order valence-electron chi connectivity index (χ3n) is 6.40. The fraction of sp³-hybridized carbons (Fsp3) is 0.320. The van der Waals surface area contributed by atoms with Crippen molar-refractivity contribution in [3.63, 3.8) is 0 Å². The van der Waals surface area contributed by atoms with E-state index in [0.717, 1.165) is 17.4 Å². The molecule has 9 nitrogen and oxygen atoms in total. The van der Waals surface area contributed by atoms with E-state index >= 15 is 0 Å². The summed E-state index contributed by atoms with van der Waals surface area (Å²) in [5.41, 5.74) is 1.91. The molecule has 192 valence electrons. The smallest absolute Gasteiger partial charge is 0.377 e. The van der Waals surface area contributed by atoms with E-state index in [1.165, 1.54) is 6.07 Å². The number of alkyl halides is 3. The number of aryl methyl sites for hydroxylation is 1. The van der Waals surface area contributed by atoms with Gasteiger partial charge in [-0.1, -0.05) is 6.07 Å². The van der Waals surface area contributed by atoms with Crippen molar-refractivity contribution in [3.05, 3.63) is 59.4 Å². The van der Waals surface area contributed by atoms with E-state index in [0.29, 0.717) is 48.5 Å². The number of pyridine rings is 1. The maximum absolute atomic E-state index is 13.0. The minimum atomic E-state index is -4.66. The molecule has 1 atom stereocenters. The van der Waals surface area contributed by atoms with Crippen molar-refractivity contribution in [2.75, 3.05) is 41.4 Å². The quantitative estimate of drug-likeness (QED) is 0.569. The molecule has 0 spiro atoms. The Morgan fingerprint density at radius 1 is 1.19 bits per heavy atom. The van der Waals surface area contributed by atoms with Crippen molar-refractivity contribution in [1.82, 2.24) is 15.2 Å². The summed E-state index contributed by atoms with van der Waals surface area (Å²) < 4.78 is 44.5. The summed E-state index contributed by atoms with van der Waals surface area (Å²) in [6, 6.07) is 8.47. The first-order valence-corrected chi connectivity index (χ1v) is 11.7. The Morgan fingerprint density at radius 2 is 2.00 bits per heavy atom. The lowest BCUT2D eigenvalue weighted by Gasteiger charge is -2.43. The average molecular weight is 512 g/mol. The van der Waals surface area contributed by atoms with Crippen molar-refractivity contribution in [2.45, 2.75) is 26.1 Å². The van der Waals surface area contributed by atoms with Gasteiger partial charge in [0.15, 0.2) is 5.82 Å². The van der Waals surface area contributed by atoms with E-state index in [1.54, 1.807) is 23.1 Å². The Morgan fingerprint density at radius 3 is 2.76 bits per heavy atom. The summed E-state index contributed by atoms with van der Waals surface area (Å²) in [6.07, 6.45) is -3.71. The Balaban J connectivity index is 1.47. The number of rotatable bonds is 4. The molecule has 37 heavy (non-hydrogen) atoms. The van der Waals surface area contributed by atoms with Gasteiger partial charge in [0, 0.05) is 36.1 Å². The zero-order valence-electron chi connectivity index (χ0n) is 20.0. The predicted molar refractivity (Wildman–Crippen MR) is 129 cm³/mol. The SMILES string of the molecule is CCN1C(=O)[C@@H]2COCCN2c2cc(-c3cc(NC(=O)c4ccnc(C(F)(F)F)c4)ccc3C)nnc21. The number of halogens is 3. The number of fused-ring (bicyclic) bond motifs is 3. The van der Waals surface area contributed by atoms with E-state index in [2.05, 4.69) is 20.5 Å². The lowest BCUT2D eigenvalue weighted by molar-refractivity contribution is -0.141. The molecule has 12 heteroatoms. The number of nitrogens with zero attached hydrogens (tertiary/aromatic N) is 5. The number of likely N-dealkylation sites (N-methyl/N-ethyl adjacent to an activating group) is 1. The second-order valence-corrected chi connectivity index (χ2v) is 8.72. The molecule has 4 heterocycles. The van der Waals surface area contributed by atoms with Gasteiger partial charge in [-0.05, 0) is 49.7 Å². The van der Waals surface area contributed by atoms with Gasteiger partial charge >= 0.3 is 6.18 Å². The molecular formula is C25H23F3N6O3. The Hall–Kier alpha value is -4.06. The number of carbonyl (C=O) groups is 2. The Bertz CT molecular complexity index is 1380. The zero-order valence-corrected chi connectivity index (χ0v) is 20.0. The second kappa shape index (κ2) is 9.43. The average Bonchev–Trinajstić information content (AvgIpc) is 2.89. The summed E-state index contributed by atoms with van der Waals surface area (Å²) >= 11 is 0. The number of ether oxygens (including phenoxy) is 1. The normalized spacial score (nSPS) is 17.3. The van der Waals surface area contributed by atoms with Crippen LogP contribution in [0.1, 0.15) is 28.5 Å². The van der Waals surface area contributed by atoms with Crippen LogP contribution in [0.15, 0.2) is 42.6 Å². The number of carbonyl (C=O) groups excluding carboxylic acids is 2. The Kier molecular flexibility index (Phi) is 6.28. The molecule has 1 N–H and O–H groups in total. The summed E-state index contributed by atoms with van der Waals surface area (Å²) in [7, 11) is 0. The van der Waals surface area contributed by atoms with Gasteiger partial charge in [-0.15, -0.1) is 10.2 Å². The fourth-order valence-corrected chi connectivity index (χ4v) is 4.50. The minimum absolute atomic E-state index is 0.0811. The van der Waals surface area contributed by atoms with Crippen LogP contribution in [0, 0.1) is 6.92 Å². The van der Waals surface area contributed by atoms with Crippen LogP contribution in [-0.4, -0.2) is 59.3 Å². The maximum Gasteiger partial charge on any atom is 0.433 e. The van der Waals surface area contributed by atoms with Crippen LogP contribution in [0.2, 0.25) is 0 Å². The van der Waals surface area contributed by atoms with Crippen molar-refractivity contribution >= 4 is 29.0 Å². The minimum Gasteiger partial charge on any atom is -0.377 e. The highest BCUT2D eigenvalue weighted by Gasteiger charge is 2.41. The number of hydrogen-bond acceptors (Lipinski definition) is 7. The third kappa shape index (κ3) is 4.59. The van der Waals surface area contributed by atoms with Gasteiger partial charge in [0.2, 0.25) is 0 Å². The molecular weight excluding hydrogens is 489 g/mol. The third-order valence-corrected chi connectivity index (χ3v) is 6.40. The number of nitrogens with one attached hydrogen (secondary N) is 1. The molecule has 1 fully saturated rings. The number of amides is 2. The highest BCUT2D eigenvalue weighted by molar-refractivity contribution is 6.05. The van der Waals surface area contributed by atoms with Gasteiger partial charge in [-0.25, -0.2) is 0 Å². The number of hydrogen-bond donors (Lipinski definition) is 1. The van der Waals surface area contributed by atoms with Crippen LogP contribution in [0.4, 0.5) is 30.4 Å². The molecule has 3 aromatic rings. The van der Waals surface area contributed by atoms with Crippen LogP contribution >= 0.6 is 0 Å². The topological polar surface area (TPSA) is 101 Å². The van der Waals surface area contributed by atoms with Crippen molar-refractivity contribution < 1.29 is 27.5 Å². The molecule has 5 rings (SSSR count). The monoisotopic (exact) mass is 512 g/mol. The highest BCUT2D eigenvalue weighted by atomic mass is 19.4. The molecule has 0 saturated carbocycles. The first-order chi connectivity index (χ1) is 17.7. The maximum atomic E-state index is 13.0. The van der Waals surface area contributed by atoms with E-state index in [1.807, 2.05) is 24.8 Å². The van der Waals surface area contributed by atoms with Gasteiger partial charge in [0.25, 0.3) is 11.8 Å². The number of aromatic nitrogens is 3. The van der Waals surface area contributed by atoms with E-state index in [-0.39, 0.29) is 18.1 Å². The van der Waals surface area contributed by atoms with Crippen molar-refractivity contribution in [2.24, 2.45) is 0 Å². The van der Waals surface area contributed by atoms with Crippen LogP contribution in [0.5, 0.6) is 0 Å². The van der Waals surface area contributed by atoms with Crippen molar-refractivity contribution in [1.29, 1.82) is 0 Å². The fourth-order valence-electron chi connectivity index (χ4n) is 4.50. The van der Waals surface area contributed by atoms with Gasteiger partial charge in [0.05, 0.1) is 24.6 Å². The summed E-state index contributed by atoms with van der Waals surface area (Å²) in [5.74, 6) is -0.301. The lowest BCUT2D eigenvalue weighted by atomic mass is 10.0. The predicted octanol–water partition coefficient (Wildman–Crippen LogP) is 3.69. The van der Waals surface area contributed by atoms with Gasteiger partial charge < -0.3 is 15.0 Å². The molecule has 1 saturated heterocycles. The van der Waals surface area contributed by atoms with Crippen LogP contribution in [0.25, 0.3) is 11.3 Å². The largest absolute Gasteiger partial charge is 0.433 e. The molecule has 0 bridgehead atoms. The number of anilines is 3. The molecule has 0 unspecified atom stereocenters. The molecule has 2 aliphatic rings. The van der Waals surface area contributed by atoms with Gasteiger partial charge in [-0.3, -0.25) is 19.5 Å². The second-order valence-electron chi connectivity index (χ2n) is 8.72. The molecule has 2 aliphatic heterocycles. The summed E-state index contributed by atoms with van der Waals surface area (Å²) in [5, 5.41) is 11.4. The van der Waals surface area contributed by atoms with Crippen molar-refractivity contribution in [3.8, 4) is 11.3 Å². The number of benzene rings is 1. The van der Waals surface area contributed by atoms with E-state index in [4.69, 9.17) is 4.74 Å². The Labute approximate surface area is 210 Å². The molecule has 2 amide bonds. The van der Waals surface area contributed by atoms with Gasteiger partial charge in [-0.2, -0.15) is 13.2 Å². The van der Waals surface area contributed by atoms with Crippen LogP contribution in [0.3, 0.4) is 0 Å². The molecule has 0 radical (unpaired) electrons. The van der Waals surface area contributed by atoms with E-state index < -0.39 is 23.8 Å². The van der Waals surface area contributed by atoms with Gasteiger partial charge in [0.1, 0.15) is 11.7 Å². The lowest BCUT2D eigenvalue weighted by Crippen LogP contribution is -2.59. The van der Waals surface area contributed by atoms with Crippen LogP contribution in [-0.2, 0) is 15.7 Å². The molecule has 1 aromatic carbocycles.